The number of carbonyl (C=O) groups is 1. The minimum Gasteiger partial charge on any atom is -0.363 e. The summed E-state index contributed by atoms with van der Waals surface area (Å²) in [5.74, 6) is 1.06. The highest BCUT2D eigenvalue weighted by Crippen LogP contribution is 2.12. The van der Waals surface area contributed by atoms with Gasteiger partial charge in [-0.15, -0.1) is 11.3 Å². The molecule has 2 aromatic heterocycles. The molecule has 0 atom stereocenters. The number of hydrogen-bond acceptors (Lipinski definition) is 5. The number of carbonyl (C=O) groups excluding carboxylic acids is 1. The van der Waals surface area contributed by atoms with Crippen LogP contribution in [0.3, 0.4) is 0 Å². The monoisotopic (exact) mass is 291 g/mol. The Bertz CT molecular complexity index is 582. The normalized spacial score (nSPS) is 10.2. The molecule has 2 heterocycles. The van der Waals surface area contributed by atoms with Crippen LogP contribution in [0.2, 0.25) is 0 Å². The first-order valence-electron chi connectivity index (χ1n) is 6.15. The summed E-state index contributed by atoms with van der Waals surface area (Å²) in [6.07, 6.45) is 0. The first-order valence-corrected chi connectivity index (χ1v) is 7.03. The van der Waals surface area contributed by atoms with Gasteiger partial charge in [-0.05, 0) is 18.4 Å². The zero-order chi connectivity index (χ0) is 14.5. The maximum absolute atomic E-state index is 11.8. The summed E-state index contributed by atoms with van der Waals surface area (Å²) >= 11 is 1.60. The van der Waals surface area contributed by atoms with E-state index in [1.165, 1.54) is 0 Å². The molecule has 0 aromatic carbocycles. The summed E-state index contributed by atoms with van der Waals surface area (Å²) in [6, 6.07) is 5.47. The second kappa shape index (κ2) is 6.33. The van der Waals surface area contributed by atoms with Crippen molar-refractivity contribution in [3.8, 4) is 0 Å². The Kier molecular flexibility index (Phi) is 4.52. The standard InChI is InChI=1S/C13H17N5OS/c1-9-7-11(18(2)3)16-12(15-9)17-13(19)14-8-10-5-4-6-20-10/h4-7H,8H2,1-3H3,(H2,14,15,16,17,19). The van der Waals surface area contributed by atoms with E-state index in [0.29, 0.717) is 12.5 Å². The molecule has 0 aliphatic carbocycles. The number of thiophene rings is 1. The topological polar surface area (TPSA) is 70.2 Å². The van der Waals surface area contributed by atoms with Crippen molar-refractivity contribution < 1.29 is 4.79 Å². The third-order valence-corrected chi connectivity index (χ3v) is 3.40. The molecule has 106 valence electrons. The molecular weight excluding hydrogens is 274 g/mol. The number of hydrogen-bond donors (Lipinski definition) is 2. The summed E-state index contributed by atoms with van der Waals surface area (Å²) in [7, 11) is 3.78. The Hall–Kier alpha value is -2.15. The number of nitrogens with zero attached hydrogens (tertiary/aromatic N) is 3. The van der Waals surface area contributed by atoms with Crippen molar-refractivity contribution >= 4 is 29.1 Å². The SMILES string of the molecule is Cc1cc(N(C)C)nc(NC(=O)NCc2cccs2)n1. The zero-order valence-electron chi connectivity index (χ0n) is 11.7. The summed E-state index contributed by atoms with van der Waals surface area (Å²) < 4.78 is 0. The lowest BCUT2D eigenvalue weighted by molar-refractivity contribution is 0.251. The van der Waals surface area contributed by atoms with E-state index in [1.807, 2.05) is 49.5 Å². The predicted molar refractivity (Wildman–Crippen MR) is 81.3 cm³/mol. The maximum Gasteiger partial charge on any atom is 0.321 e. The molecule has 2 aromatic rings. The van der Waals surface area contributed by atoms with E-state index in [-0.39, 0.29) is 6.03 Å². The van der Waals surface area contributed by atoms with Gasteiger partial charge in [0.1, 0.15) is 5.82 Å². The second-order valence-electron chi connectivity index (χ2n) is 4.47. The molecule has 0 aliphatic heterocycles. The molecule has 0 saturated carbocycles. The quantitative estimate of drug-likeness (QED) is 0.906. The largest absolute Gasteiger partial charge is 0.363 e. The minimum absolute atomic E-state index is 0.303. The van der Waals surface area contributed by atoms with E-state index in [1.54, 1.807) is 11.3 Å². The van der Waals surface area contributed by atoms with Crippen LogP contribution in [0.5, 0.6) is 0 Å². The molecule has 0 aliphatic rings. The van der Waals surface area contributed by atoms with Gasteiger partial charge in [-0.1, -0.05) is 6.07 Å². The fraction of sp³-hybridized carbons (Fsp3) is 0.308. The van der Waals surface area contributed by atoms with Gasteiger partial charge >= 0.3 is 6.03 Å². The Morgan fingerprint density at radius 3 is 2.85 bits per heavy atom. The lowest BCUT2D eigenvalue weighted by atomic mass is 10.4. The van der Waals surface area contributed by atoms with Gasteiger partial charge in [-0.25, -0.2) is 9.78 Å². The van der Waals surface area contributed by atoms with E-state index in [4.69, 9.17) is 0 Å². The molecule has 0 bridgehead atoms. The van der Waals surface area contributed by atoms with Crippen molar-refractivity contribution in [1.29, 1.82) is 0 Å². The first kappa shape index (κ1) is 14.3. The summed E-state index contributed by atoms with van der Waals surface area (Å²) in [4.78, 5) is 23.2. The zero-order valence-corrected chi connectivity index (χ0v) is 12.5. The van der Waals surface area contributed by atoms with Gasteiger partial charge in [0, 0.05) is 30.7 Å². The van der Waals surface area contributed by atoms with E-state index >= 15 is 0 Å². The highest BCUT2D eigenvalue weighted by Gasteiger charge is 2.07. The van der Waals surface area contributed by atoms with E-state index in [2.05, 4.69) is 20.6 Å². The van der Waals surface area contributed by atoms with Gasteiger partial charge < -0.3 is 10.2 Å². The third-order valence-electron chi connectivity index (χ3n) is 2.53. The van der Waals surface area contributed by atoms with Crippen molar-refractivity contribution in [3.63, 3.8) is 0 Å². The molecule has 0 unspecified atom stereocenters. The lowest BCUT2D eigenvalue weighted by Crippen LogP contribution is -2.29. The third kappa shape index (κ3) is 3.92. The second-order valence-corrected chi connectivity index (χ2v) is 5.50. The van der Waals surface area contributed by atoms with Crippen LogP contribution in [0.15, 0.2) is 23.6 Å². The van der Waals surface area contributed by atoms with Crippen molar-refractivity contribution in [3.05, 3.63) is 34.2 Å². The first-order chi connectivity index (χ1) is 9.54. The van der Waals surface area contributed by atoms with Gasteiger partial charge in [0.25, 0.3) is 0 Å². The fourth-order valence-electron chi connectivity index (χ4n) is 1.56. The van der Waals surface area contributed by atoms with Crippen molar-refractivity contribution in [2.75, 3.05) is 24.3 Å². The fourth-order valence-corrected chi connectivity index (χ4v) is 2.21. The van der Waals surface area contributed by atoms with Gasteiger partial charge in [-0.3, -0.25) is 5.32 Å². The molecular formula is C13H17N5OS. The highest BCUT2D eigenvalue weighted by atomic mass is 32.1. The van der Waals surface area contributed by atoms with Gasteiger partial charge in [0.15, 0.2) is 0 Å². The number of aromatic nitrogens is 2. The van der Waals surface area contributed by atoms with E-state index in [9.17, 15) is 4.79 Å². The Morgan fingerprint density at radius 2 is 2.20 bits per heavy atom. The number of rotatable bonds is 4. The maximum atomic E-state index is 11.8. The molecule has 0 saturated heterocycles. The van der Waals surface area contributed by atoms with Crippen LogP contribution < -0.4 is 15.5 Å². The Morgan fingerprint density at radius 1 is 1.40 bits per heavy atom. The van der Waals surface area contributed by atoms with Gasteiger partial charge in [-0.2, -0.15) is 4.98 Å². The van der Waals surface area contributed by atoms with Crippen LogP contribution in [0, 0.1) is 6.92 Å². The average molecular weight is 291 g/mol. The van der Waals surface area contributed by atoms with Crippen LogP contribution in [-0.4, -0.2) is 30.1 Å². The number of aryl methyl sites for hydroxylation is 1. The lowest BCUT2D eigenvalue weighted by Gasteiger charge is -2.13. The highest BCUT2D eigenvalue weighted by molar-refractivity contribution is 7.09. The summed E-state index contributed by atoms with van der Waals surface area (Å²) in [5, 5.41) is 7.39. The molecule has 2 amide bonds. The number of urea groups is 1. The van der Waals surface area contributed by atoms with Crippen LogP contribution in [0.1, 0.15) is 10.6 Å². The molecule has 2 rings (SSSR count). The van der Waals surface area contributed by atoms with Crippen LogP contribution in [0.4, 0.5) is 16.6 Å². The predicted octanol–water partition coefficient (Wildman–Crippen LogP) is 2.23. The van der Waals surface area contributed by atoms with E-state index in [0.717, 1.165) is 16.4 Å². The Labute approximate surface area is 121 Å². The number of nitrogens with one attached hydrogen (secondary N) is 2. The van der Waals surface area contributed by atoms with Gasteiger partial charge in [0.05, 0.1) is 6.54 Å². The van der Waals surface area contributed by atoms with Crippen molar-refractivity contribution in [2.45, 2.75) is 13.5 Å². The molecule has 20 heavy (non-hydrogen) atoms. The van der Waals surface area contributed by atoms with Crippen LogP contribution in [-0.2, 0) is 6.54 Å². The van der Waals surface area contributed by atoms with Crippen LogP contribution >= 0.6 is 11.3 Å². The number of amides is 2. The molecule has 6 nitrogen and oxygen atoms in total. The molecule has 2 N–H and O–H groups in total. The summed E-state index contributed by atoms with van der Waals surface area (Å²) in [5.41, 5.74) is 0.803. The smallest absolute Gasteiger partial charge is 0.321 e. The molecule has 0 spiro atoms. The molecule has 0 radical (unpaired) electrons. The van der Waals surface area contributed by atoms with Gasteiger partial charge in [0.2, 0.25) is 5.95 Å². The number of anilines is 2. The average Bonchev–Trinajstić information content (AvgIpc) is 2.88. The van der Waals surface area contributed by atoms with Crippen molar-refractivity contribution in [2.24, 2.45) is 0 Å². The summed E-state index contributed by atoms with van der Waals surface area (Å²) in [6.45, 7) is 2.36. The van der Waals surface area contributed by atoms with E-state index < -0.39 is 0 Å². The minimum atomic E-state index is -0.311. The molecule has 0 fully saturated rings. The molecule has 7 heteroatoms. The van der Waals surface area contributed by atoms with Crippen molar-refractivity contribution in [1.82, 2.24) is 15.3 Å². The van der Waals surface area contributed by atoms with Crippen LogP contribution in [0.25, 0.3) is 0 Å². The Balaban J connectivity index is 1.96.